The van der Waals surface area contributed by atoms with Gasteiger partial charge in [0, 0.05) is 6.42 Å². The first-order valence-corrected chi connectivity index (χ1v) is 4.60. The van der Waals surface area contributed by atoms with E-state index in [0.717, 1.165) is 6.42 Å². The van der Waals surface area contributed by atoms with E-state index in [0.29, 0.717) is 6.42 Å². The number of carbonyl (C=O) groups is 2. The van der Waals surface area contributed by atoms with Crippen LogP contribution in [0.4, 0.5) is 0 Å². The van der Waals surface area contributed by atoms with Crippen molar-refractivity contribution in [2.24, 2.45) is 0 Å². The molecule has 0 radical (unpaired) electrons. The number of aliphatic hydroxyl groups excluding tert-OH is 2. The molecule has 3 N–H and O–H groups in total. The van der Waals surface area contributed by atoms with Crippen LogP contribution in [0.25, 0.3) is 0 Å². The predicted octanol–water partition coefficient (Wildman–Crippen LogP) is -0.0344. The Morgan fingerprint density at radius 3 is 2.12 bits per heavy atom. The minimum absolute atomic E-state index is 0. The van der Waals surface area contributed by atoms with Gasteiger partial charge in [0.1, 0.15) is 0 Å². The summed E-state index contributed by atoms with van der Waals surface area (Å²) in [6.07, 6.45) is 0.261. The maximum atomic E-state index is 10.3. The van der Waals surface area contributed by atoms with E-state index in [9.17, 15) is 9.59 Å². The van der Waals surface area contributed by atoms with Crippen LogP contribution in [0, 0.1) is 0 Å². The fraction of sp³-hybridized carbons (Fsp3) is 0.778. The zero-order valence-corrected chi connectivity index (χ0v) is 11.1. The first-order valence-electron chi connectivity index (χ1n) is 4.60. The van der Waals surface area contributed by atoms with Crippen LogP contribution in [0.2, 0.25) is 0 Å². The molecule has 0 aromatic carbocycles. The second-order valence-electron chi connectivity index (χ2n) is 2.84. The number of hydrogen-bond acceptors (Lipinski definition) is 5. The van der Waals surface area contributed by atoms with E-state index >= 15 is 0 Å². The molecule has 0 heterocycles. The first kappa shape index (κ1) is 21.0. The van der Waals surface area contributed by atoms with Gasteiger partial charge in [0.25, 0.3) is 0 Å². The van der Waals surface area contributed by atoms with Gasteiger partial charge in [-0.15, -0.1) is 0 Å². The second-order valence-corrected chi connectivity index (χ2v) is 2.84. The molecule has 1 atom stereocenters. The summed E-state index contributed by atoms with van der Waals surface area (Å²) in [4.78, 5) is 19.9. The molecule has 0 rings (SSSR count). The third-order valence-electron chi connectivity index (χ3n) is 1.15. The summed E-state index contributed by atoms with van der Waals surface area (Å²) in [6.45, 7) is 2.81. The molecule has 94 valence electrons. The van der Waals surface area contributed by atoms with E-state index in [1.54, 1.807) is 0 Å². The third kappa shape index (κ3) is 23.4. The predicted molar refractivity (Wildman–Crippen MR) is 60.0 cm³/mol. The van der Waals surface area contributed by atoms with Crippen molar-refractivity contribution in [3.63, 3.8) is 0 Å². The molecule has 0 saturated heterocycles. The van der Waals surface area contributed by atoms with Gasteiger partial charge in [-0.05, 0) is 13.3 Å². The summed E-state index contributed by atoms with van der Waals surface area (Å²) in [6, 6.07) is 0. The Labute approximate surface area is 114 Å². The summed E-state index contributed by atoms with van der Waals surface area (Å²) < 4.78 is 4.20. The minimum Gasteiger partial charge on any atom is -1.00 e. The summed E-state index contributed by atoms with van der Waals surface area (Å²) >= 11 is 0. The Kier molecular flexibility index (Phi) is 19.2. The van der Waals surface area contributed by atoms with Crippen LogP contribution in [0.5, 0.6) is 0 Å². The maximum absolute atomic E-state index is 10.3. The van der Waals surface area contributed by atoms with Crippen molar-refractivity contribution in [1.29, 1.82) is 0 Å². The third-order valence-corrected chi connectivity index (χ3v) is 1.15. The molecule has 0 amide bonds. The monoisotopic (exact) mass is 248 g/mol. The zero-order chi connectivity index (χ0) is 12.3. The van der Waals surface area contributed by atoms with E-state index in [2.05, 4.69) is 4.74 Å². The van der Waals surface area contributed by atoms with Crippen LogP contribution in [0.1, 0.15) is 36.0 Å². The topological polar surface area (TPSA) is 104 Å². The number of aliphatic hydroxyl groups is 2. The minimum atomic E-state index is -0.963. The molecule has 0 aromatic rings. The van der Waals surface area contributed by atoms with E-state index in [1.165, 1.54) is 6.92 Å². The van der Waals surface area contributed by atoms with Gasteiger partial charge in [0.2, 0.25) is 0 Å². The number of ether oxygens (including phenoxy) is 1. The van der Waals surface area contributed by atoms with Gasteiger partial charge in [-0.2, -0.15) is 0 Å². The summed E-state index contributed by atoms with van der Waals surface area (Å²) in [5.74, 6) is -1.30. The van der Waals surface area contributed by atoms with Crippen molar-refractivity contribution in [3.05, 3.63) is 0 Å². The van der Waals surface area contributed by atoms with Gasteiger partial charge in [-0.25, -0.2) is 0 Å². The molecule has 16 heavy (non-hydrogen) atoms. The fourth-order valence-electron chi connectivity index (χ4n) is 0.601. The Balaban J connectivity index is -0.0000000540. The summed E-state index contributed by atoms with van der Waals surface area (Å²) in [7, 11) is 0. The zero-order valence-electron chi connectivity index (χ0n) is 11.7. The van der Waals surface area contributed by atoms with Crippen molar-refractivity contribution >= 4 is 35.0 Å². The van der Waals surface area contributed by atoms with E-state index in [-0.39, 0.29) is 38.3 Å². The van der Waals surface area contributed by atoms with Crippen LogP contribution in [0.15, 0.2) is 0 Å². The largest absolute Gasteiger partial charge is 2.00 e. The molecule has 0 saturated carbocycles. The standard InChI is InChI=1S/C5H10O3.C4H8O3.Mg.2H/c1-2-3-5(7)8-4-6;1-3(5)2-4(6)7;;;/h6H,2-4H2,1H3;3,5H,2H2,1H3,(H,6,7);;;/q;;+2;2*-1. The molecule has 0 bridgehead atoms. The van der Waals surface area contributed by atoms with Crippen molar-refractivity contribution in [3.8, 4) is 0 Å². The van der Waals surface area contributed by atoms with Crippen molar-refractivity contribution in [2.75, 3.05) is 6.79 Å². The average molecular weight is 249 g/mol. The molecule has 1 unspecified atom stereocenters. The molecule has 0 aliphatic rings. The number of carbonyl (C=O) groups excluding carboxylic acids is 1. The summed E-state index contributed by atoms with van der Waals surface area (Å²) in [5, 5.41) is 24.3. The number of esters is 1. The molecule has 6 nitrogen and oxygen atoms in total. The SMILES string of the molecule is CC(O)CC(=O)O.CCCC(=O)OCO.[H-].[H-].[Mg+2]. The number of carboxylic acid groups (broad SMARTS) is 1. The molecule has 7 heteroatoms. The van der Waals surface area contributed by atoms with Crippen LogP contribution in [-0.4, -0.2) is 63.2 Å². The van der Waals surface area contributed by atoms with Gasteiger partial charge in [0.05, 0.1) is 12.5 Å². The Hall–Kier alpha value is -0.374. The molecule has 0 aromatic heterocycles. The quantitative estimate of drug-likeness (QED) is 0.358. The smallest absolute Gasteiger partial charge is 1.00 e. The van der Waals surface area contributed by atoms with Crippen LogP contribution < -0.4 is 0 Å². The van der Waals surface area contributed by atoms with Gasteiger partial charge < -0.3 is 22.9 Å². The second kappa shape index (κ2) is 14.6. The number of aliphatic carboxylic acids is 1. The molecular formula is C9H20MgO6. The van der Waals surface area contributed by atoms with E-state index in [4.69, 9.17) is 15.3 Å². The molecule has 0 fully saturated rings. The first-order chi connectivity index (χ1) is 6.93. The maximum Gasteiger partial charge on any atom is 2.00 e. The average Bonchev–Trinajstić information content (AvgIpc) is 2.03. The van der Waals surface area contributed by atoms with Gasteiger partial charge in [0.15, 0.2) is 6.79 Å². The van der Waals surface area contributed by atoms with Gasteiger partial charge in [-0.1, -0.05) is 6.92 Å². The number of carboxylic acids is 1. The van der Waals surface area contributed by atoms with Crippen LogP contribution >= 0.6 is 0 Å². The molecule has 0 spiro atoms. The molecular weight excluding hydrogens is 228 g/mol. The van der Waals surface area contributed by atoms with Crippen molar-refractivity contribution < 1.29 is 32.5 Å². The van der Waals surface area contributed by atoms with E-state index in [1.807, 2.05) is 6.92 Å². The Bertz CT molecular complexity index is 184. The number of rotatable bonds is 5. The fourth-order valence-corrected chi connectivity index (χ4v) is 0.601. The van der Waals surface area contributed by atoms with Gasteiger partial charge in [-0.3, -0.25) is 9.59 Å². The molecule has 0 aliphatic carbocycles. The number of hydrogen-bond donors (Lipinski definition) is 3. The Morgan fingerprint density at radius 2 is 1.94 bits per heavy atom. The summed E-state index contributed by atoms with van der Waals surface area (Å²) in [5.41, 5.74) is 0. The van der Waals surface area contributed by atoms with Crippen molar-refractivity contribution in [1.82, 2.24) is 0 Å². The van der Waals surface area contributed by atoms with Gasteiger partial charge >= 0.3 is 35.0 Å². The van der Waals surface area contributed by atoms with Crippen LogP contribution in [-0.2, 0) is 14.3 Å². The Morgan fingerprint density at radius 1 is 1.44 bits per heavy atom. The van der Waals surface area contributed by atoms with Crippen LogP contribution in [0.3, 0.4) is 0 Å². The normalized spacial score (nSPS) is 10.2. The molecule has 0 aliphatic heterocycles. The van der Waals surface area contributed by atoms with E-state index < -0.39 is 18.9 Å². The van der Waals surface area contributed by atoms with Crippen molar-refractivity contribution in [2.45, 2.75) is 39.2 Å².